The van der Waals surface area contributed by atoms with Crippen LogP contribution in [0.25, 0.3) is 6.08 Å². The van der Waals surface area contributed by atoms with Gasteiger partial charge in [-0.2, -0.15) is 0 Å². The van der Waals surface area contributed by atoms with E-state index in [0.29, 0.717) is 10.6 Å². The van der Waals surface area contributed by atoms with E-state index in [1.54, 1.807) is 17.0 Å². The lowest BCUT2D eigenvalue weighted by atomic mass is 9.68. The zero-order valence-electron chi connectivity index (χ0n) is 20.8. The summed E-state index contributed by atoms with van der Waals surface area (Å²) < 4.78 is 10.8. The van der Waals surface area contributed by atoms with Gasteiger partial charge >= 0.3 is 12.1 Å². The Hall–Kier alpha value is -2.41. The second-order valence-electron chi connectivity index (χ2n) is 9.79. The number of nitrogens with zero attached hydrogens (tertiary/aromatic N) is 2. The van der Waals surface area contributed by atoms with Crippen molar-refractivity contribution >= 4 is 47.2 Å². The summed E-state index contributed by atoms with van der Waals surface area (Å²) in [5, 5.41) is 31.5. The molecule has 202 valence electrons. The van der Waals surface area contributed by atoms with E-state index in [1.165, 1.54) is 23.2 Å². The molecule has 2 fully saturated rings. The summed E-state index contributed by atoms with van der Waals surface area (Å²) in [6.45, 7) is 3.10. The molecule has 4 atom stereocenters. The summed E-state index contributed by atoms with van der Waals surface area (Å²) in [7, 11) is 0. The number of ether oxygens (including phenoxy) is 2. The van der Waals surface area contributed by atoms with E-state index in [-0.39, 0.29) is 31.4 Å². The average Bonchev–Trinajstić information content (AvgIpc) is 3.39. The Labute approximate surface area is 223 Å². The molecule has 10 nitrogen and oxygen atoms in total. The summed E-state index contributed by atoms with van der Waals surface area (Å²) in [6.07, 6.45) is 4.90. The minimum atomic E-state index is -1.24. The van der Waals surface area contributed by atoms with Crippen LogP contribution < -0.4 is 0 Å². The molecule has 1 aromatic heterocycles. The predicted octanol–water partition coefficient (Wildman–Crippen LogP) is 3.74. The molecular formula is C25H32N2O8S2. The summed E-state index contributed by atoms with van der Waals surface area (Å²) >= 11 is 2.50. The van der Waals surface area contributed by atoms with E-state index in [4.69, 9.17) is 9.47 Å². The Bertz CT molecular complexity index is 1090. The van der Waals surface area contributed by atoms with Crippen molar-refractivity contribution in [1.82, 2.24) is 9.88 Å². The minimum absolute atomic E-state index is 0.0305. The number of rotatable bonds is 10. The normalized spacial score (nSPS) is 26.8. The van der Waals surface area contributed by atoms with Gasteiger partial charge in [0, 0.05) is 10.3 Å². The number of aromatic nitrogens is 1. The Morgan fingerprint density at radius 3 is 2.73 bits per heavy atom. The largest absolute Gasteiger partial charge is 0.508 e. The molecule has 1 aliphatic carbocycles. The number of aliphatic hydroxyl groups is 2. The van der Waals surface area contributed by atoms with Gasteiger partial charge in [-0.1, -0.05) is 25.1 Å². The topological polar surface area (TPSA) is 146 Å². The molecule has 12 heteroatoms. The van der Waals surface area contributed by atoms with Gasteiger partial charge < -0.3 is 29.7 Å². The molecule has 1 saturated heterocycles. The Morgan fingerprint density at radius 1 is 1.35 bits per heavy atom. The van der Waals surface area contributed by atoms with Gasteiger partial charge in [0.25, 0.3) is 0 Å². The highest BCUT2D eigenvalue weighted by atomic mass is 32.2. The lowest BCUT2D eigenvalue weighted by Gasteiger charge is -2.50. The van der Waals surface area contributed by atoms with Gasteiger partial charge in [-0.15, -0.1) is 11.3 Å². The standard InChI is InChI=1S/C25H32N2O8S2/c1-14(29)18-20-25(2,9-10-34-24(33)35-15-6-4-3-5-7-15)21(19(23(31)32)27(20)22(18)30)36-11-8-17-16(12-28)26-13-37-17/h8,11,13-15,18,20,28-29H,3-7,9-10,12H2,1-2H3,(H,31,32)/t14-,18-,20-,25?/m1/s1. The Kier molecular flexibility index (Phi) is 8.62. The van der Waals surface area contributed by atoms with Crippen LogP contribution in [0.3, 0.4) is 0 Å². The van der Waals surface area contributed by atoms with Crippen molar-refractivity contribution in [2.24, 2.45) is 11.3 Å². The van der Waals surface area contributed by atoms with Gasteiger partial charge in [-0.3, -0.25) is 4.79 Å². The molecule has 1 amide bonds. The molecule has 1 unspecified atom stereocenters. The molecule has 0 bridgehead atoms. The SMILES string of the molecule is C[C@@H](O)[C@H]1C(=O)N2C(C(=O)O)=C(SC=Cc3scnc3CO)C(C)(CCOC(=O)OC3CCCCC3)[C@@H]12. The Morgan fingerprint density at radius 2 is 2.08 bits per heavy atom. The van der Waals surface area contributed by atoms with Gasteiger partial charge in [0.05, 0.1) is 47.4 Å². The molecule has 1 saturated carbocycles. The predicted molar refractivity (Wildman–Crippen MR) is 137 cm³/mol. The van der Waals surface area contributed by atoms with Crippen LogP contribution >= 0.6 is 23.1 Å². The number of hydrogen-bond donors (Lipinski definition) is 3. The molecule has 0 radical (unpaired) electrons. The van der Waals surface area contributed by atoms with E-state index in [9.17, 15) is 29.7 Å². The second kappa shape index (κ2) is 11.5. The highest BCUT2D eigenvalue weighted by Gasteiger charge is 2.65. The fourth-order valence-corrected chi connectivity index (χ4v) is 7.38. The smallest absolute Gasteiger partial charge is 0.477 e. The van der Waals surface area contributed by atoms with Crippen LogP contribution in [0.15, 0.2) is 21.5 Å². The van der Waals surface area contributed by atoms with E-state index in [0.717, 1.165) is 48.7 Å². The maximum atomic E-state index is 12.9. The molecule has 0 aromatic carbocycles. The van der Waals surface area contributed by atoms with Crippen molar-refractivity contribution in [2.75, 3.05) is 6.61 Å². The molecule has 3 aliphatic rings. The zero-order valence-corrected chi connectivity index (χ0v) is 22.4. The molecule has 1 aromatic rings. The minimum Gasteiger partial charge on any atom is -0.477 e. The number of aliphatic carboxylic acids is 1. The third-order valence-corrected chi connectivity index (χ3v) is 9.38. The third kappa shape index (κ3) is 5.43. The summed E-state index contributed by atoms with van der Waals surface area (Å²) in [6, 6.07) is -0.587. The Balaban J connectivity index is 1.54. The number of hydrogen-bond acceptors (Lipinski definition) is 10. The van der Waals surface area contributed by atoms with Crippen LogP contribution in [-0.4, -0.2) is 68.1 Å². The number of aliphatic hydroxyl groups excluding tert-OH is 2. The van der Waals surface area contributed by atoms with E-state index < -0.39 is 41.5 Å². The number of fused-ring (bicyclic) bond motifs is 1. The van der Waals surface area contributed by atoms with Crippen molar-refractivity contribution in [1.29, 1.82) is 0 Å². The number of carboxylic acids is 1. The number of carboxylic acid groups (broad SMARTS) is 1. The van der Waals surface area contributed by atoms with Crippen molar-refractivity contribution in [2.45, 2.75) is 77.2 Å². The van der Waals surface area contributed by atoms with Gasteiger partial charge in [-0.05, 0) is 50.5 Å². The fraction of sp³-hybridized carbons (Fsp3) is 0.600. The second-order valence-corrected chi connectivity index (χ2v) is 11.6. The number of thiazole rings is 1. The third-order valence-electron chi connectivity index (χ3n) is 7.37. The van der Waals surface area contributed by atoms with Gasteiger partial charge in [0.1, 0.15) is 11.8 Å². The fourth-order valence-electron chi connectivity index (χ4n) is 5.47. The van der Waals surface area contributed by atoms with Crippen molar-refractivity contribution in [3.05, 3.63) is 32.1 Å². The summed E-state index contributed by atoms with van der Waals surface area (Å²) in [5.74, 6) is -2.45. The molecule has 0 spiro atoms. The molecular weight excluding hydrogens is 520 g/mol. The van der Waals surface area contributed by atoms with Crippen LogP contribution in [0.1, 0.15) is 62.9 Å². The highest BCUT2D eigenvalue weighted by Crippen LogP contribution is 2.59. The number of carbonyl (C=O) groups is 3. The first-order chi connectivity index (χ1) is 17.7. The molecule has 37 heavy (non-hydrogen) atoms. The first-order valence-electron chi connectivity index (χ1n) is 12.4. The highest BCUT2D eigenvalue weighted by molar-refractivity contribution is 8.06. The number of carbonyl (C=O) groups excluding carboxylic acids is 2. The van der Waals surface area contributed by atoms with Gasteiger partial charge in [0.2, 0.25) is 5.91 Å². The van der Waals surface area contributed by atoms with Gasteiger partial charge in [0.15, 0.2) is 0 Å². The maximum absolute atomic E-state index is 12.9. The van der Waals surface area contributed by atoms with E-state index >= 15 is 0 Å². The molecule has 2 aliphatic heterocycles. The monoisotopic (exact) mass is 552 g/mol. The van der Waals surface area contributed by atoms with Crippen LogP contribution in [0.4, 0.5) is 4.79 Å². The number of β-lactam (4-membered cyclic amide) rings is 1. The van der Waals surface area contributed by atoms with Crippen molar-refractivity contribution in [3.63, 3.8) is 0 Å². The first-order valence-corrected chi connectivity index (χ1v) is 14.1. The summed E-state index contributed by atoms with van der Waals surface area (Å²) in [5.41, 5.74) is 1.11. The molecule has 3 heterocycles. The van der Waals surface area contributed by atoms with Crippen LogP contribution in [0.5, 0.6) is 0 Å². The number of thioether (sulfide) groups is 1. The first kappa shape index (κ1) is 27.6. The van der Waals surface area contributed by atoms with E-state index in [2.05, 4.69) is 4.98 Å². The zero-order chi connectivity index (χ0) is 26.7. The van der Waals surface area contributed by atoms with Crippen molar-refractivity contribution < 1.29 is 39.2 Å². The van der Waals surface area contributed by atoms with E-state index in [1.807, 2.05) is 6.92 Å². The van der Waals surface area contributed by atoms with Crippen molar-refractivity contribution in [3.8, 4) is 0 Å². The maximum Gasteiger partial charge on any atom is 0.508 e. The lowest BCUT2D eigenvalue weighted by Crippen LogP contribution is -2.66. The molecule has 3 N–H and O–H groups in total. The molecule has 4 rings (SSSR count). The lowest BCUT2D eigenvalue weighted by molar-refractivity contribution is -0.167. The quantitative estimate of drug-likeness (QED) is 0.290. The van der Waals surface area contributed by atoms with Crippen LogP contribution in [0.2, 0.25) is 0 Å². The van der Waals surface area contributed by atoms with Crippen LogP contribution in [-0.2, 0) is 25.7 Å². The summed E-state index contributed by atoms with van der Waals surface area (Å²) in [4.78, 5) is 44.0. The number of amides is 1. The van der Waals surface area contributed by atoms with Crippen LogP contribution in [0, 0.1) is 11.3 Å². The van der Waals surface area contributed by atoms with Gasteiger partial charge in [-0.25, -0.2) is 14.6 Å². The average molecular weight is 553 g/mol.